The van der Waals surface area contributed by atoms with Gasteiger partial charge in [0.15, 0.2) is 0 Å². The number of aromatic nitrogens is 4. The van der Waals surface area contributed by atoms with Crippen molar-refractivity contribution < 1.29 is 21.1 Å². The van der Waals surface area contributed by atoms with Gasteiger partial charge in [0, 0.05) is 34.9 Å². The molecule has 7 rings (SSSR count). The fourth-order valence-electron chi connectivity index (χ4n) is 5.43. The smallest absolute Gasteiger partial charge is 0.344 e. The van der Waals surface area contributed by atoms with E-state index in [1.807, 2.05) is 24.3 Å². The molecule has 0 aliphatic rings. The monoisotopic (exact) mass is 659 g/mol. The number of hydrogen-bond acceptors (Lipinski definition) is 2. The average Bonchev–Trinajstić information content (AvgIpc) is 3.56. The molecule has 0 aliphatic heterocycles. The second kappa shape index (κ2) is 8.68. The summed E-state index contributed by atoms with van der Waals surface area (Å²) in [4.78, 5) is 10.3. The molecule has 37 heavy (non-hydrogen) atoms. The van der Waals surface area contributed by atoms with Gasteiger partial charge in [0.25, 0.3) is 0 Å². The zero-order valence-electron chi connectivity index (χ0n) is 21.0. The fourth-order valence-corrected chi connectivity index (χ4v) is 5.43. The normalized spacial score (nSPS) is 11.6. The van der Waals surface area contributed by atoms with E-state index >= 15 is 0 Å². The van der Waals surface area contributed by atoms with Gasteiger partial charge in [0.05, 0.1) is 22.7 Å². The Morgan fingerprint density at radius 3 is 1.46 bits per heavy atom. The fraction of sp³-hybridized carbons (Fsp3) is 0.125. The number of imidazole rings is 2. The van der Waals surface area contributed by atoms with Crippen LogP contribution < -0.4 is 0 Å². The Bertz CT molecular complexity index is 1850. The molecule has 7 aromatic rings. The van der Waals surface area contributed by atoms with Gasteiger partial charge >= 0.3 is 21.1 Å². The van der Waals surface area contributed by atoms with Gasteiger partial charge in [0.2, 0.25) is 0 Å². The van der Waals surface area contributed by atoms with E-state index in [9.17, 15) is 0 Å². The van der Waals surface area contributed by atoms with E-state index in [4.69, 9.17) is 9.97 Å². The third kappa shape index (κ3) is 3.39. The molecule has 0 saturated heterocycles. The summed E-state index contributed by atoms with van der Waals surface area (Å²) in [7, 11) is 0. The standard InChI is InChI=1S/C32H24N4.Pt/c1-19-21(3)35-17-29(33-31(35)27-15-9-5-11-23(19)27)25-13-7-8-14-26(25)30-18-36-22(4)20(2)24-12-6-10-16-28(24)32(36)34-30;/h5-14,17-18H,1-4H3;/q-2;+2. The maximum absolute atomic E-state index is 5.13. The zero-order valence-corrected chi connectivity index (χ0v) is 23.3. The predicted molar refractivity (Wildman–Crippen MR) is 146 cm³/mol. The van der Waals surface area contributed by atoms with Crippen LogP contribution in [0.25, 0.3) is 55.4 Å². The molecule has 0 N–H and O–H groups in total. The maximum Gasteiger partial charge on any atom is 2.00 e. The summed E-state index contributed by atoms with van der Waals surface area (Å²) in [5, 5.41) is 4.49. The number of fused-ring (bicyclic) bond motifs is 6. The summed E-state index contributed by atoms with van der Waals surface area (Å²) >= 11 is 0. The number of nitrogens with zero attached hydrogens (tertiary/aromatic N) is 4. The molecule has 0 fully saturated rings. The average molecular weight is 660 g/mol. The molecular formula is C32H24N4Pt. The van der Waals surface area contributed by atoms with E-state index in [0.29, 0.717) is 0 Å². The minimum Gasteiger partial charge on any atom is -0.344 e. The SMILES string of the molecule is Cc1c(C)n2cc(-c3ccccc3-c3cn4c(C)c(C)c5ccc[c-]c5c4n3)nc2c2[c-]cccc12.[Pt+2]. The molecule has 0 radical (unpaired) electrons. The van der Waals surface area contributed by atoms with Crippen molar-refractivity contribution in [3.63, 3.8) is 0 Å². The molecule has 0 saturated carbocycles. The first kappa shape index (κ1) is 23.6. The van der Waals surface area contributed by atoms with E-state index in [0.717, 1.165) is 44.6 Å². The number of rotatable bonds is 2. The molecule has 0 amide bonds. The minimum atomic E-state index is 0. The Kier molecular flexibility index (Phi) is 5.54. The van der Waals surface area contributed by atoms with Gasteiger partial charge < -0.3 is 8.80 Å². The van der Waals surface area contributed by atoms with Gasteiger partial charge in [-0.2, -0.15) is 0 Å². The molecule has 4 nitrogen and oxygen atoms in total. The Balaban J connectivity index is 0.00000252. The van der Waals surface area contributed by atoms with Crippen LogP contribution in [0.1, 0.15) is 22.5 Å². The van der Waals surface area contributed by atoms with E-state index in [-0.39, 0.29) is 21.1 Å². The number of pyridine rings is 2. The summed E-state index contributed by atoms with van der Waals surface area (Å²) in [6, 6.07) is 27.5. The molecular weight excluding hydrogens is 635 g/mol. The Morgan fingerprint density at radius 1 is 0.595 bits per heavy atom. The largest absolute Gasteiger partial charge is 2.00 e. The molecule has 0 spiro atoms. The van der Waals surface area contributed by atoms with Crippen LogP contribution in [-0.4, -0.2) is 18.8 Å². The van der Waals surface area contributed by atoms with Crippen LogP contribution >= 0.6 is 0 Å². The van der Waals surface area contributed by atoms with Gasteiger partial charge in [0.1, 0.15) is 0 Å². The minimum absolute atomic E-state index is 0. The molecule has 0 atom stereocenters. The van der Waals surface area contributed by atoms with Gasteiger partial charge in [-0.25, -0.2) is 0 Å². The second-order valence-corrected chi connectivity index (χ2v) is 9.52. The van der Waals surface area contributed by atoms with E-state index < -0.39 is 0 Å². The number of hydrogen-bond donors (Lipinski definition) is 0. The quantitative estimate of drug-likeness (QED) is 0.181. The van der Waals surface area contributed by atoms with Gasteiger partial charge in [-0.3, -0.25) is 9.97 Å². The van der Waals surface area contributed by atoms with Crippen LogP contribution in [0, 0.1) is 39.8 Å². The van der Waals surface area contributed by atoms with E-state index in [1.165, 1.54) is 33.3 Å². The first-order valence-corrected chi connectivity index (χ1v) is 12.2. The first-order valence-electron chi connectivity index (χ1n) is 12.2. The van der Waals surface area contributed by atoms with Gasteiger partial charge in [-0.05, 0) is 27.7 Å². The van der Waals surface area contributed by atoms with Crippen LogP contribution in [0.4, 0.5) is 0 Å². The van der Waals surface area contributed by atoms with Crippen LogP contribution in [0.2, 0.25) is 0 Å². The van der Waals surface area contributed by atoms with E-state index in [2.05, 4.69) is 97.4 Å². The summed E-state index contributed by atoms with van der Waals surface area (Å²) < 4.78 is 4.39. The van der Waals surface area contributed by atoms with Crippen LogP contribution in [0.5, 0.6) is 0 Å². The summed E-state index contributed by atoms with van der Waals surface area (Å²) in [6.07, 6.45) is 4.29. The molecule has 182 valence electrons. The molecule has 4 aromatic heterocycles. The maximum atomic E-state index is 5.13. The third-order valence-electron chi connectivity index (χ3n) is 7.67. The number of benzene rings is 3. The molecule has 0 unspecified atom stereocenters. The molecule has 4 heterocycles. The first-order chi connectivity index (χ1) is 17.5. The van der Waals surface area contributed by atoms with Crippen LogP contribution in [0.3, 0.4) is 0 Å². The van der Waals surface area contributed by atoms with Crippen molar-refractivity contribution in [2.45, 2.75) is 27.7 Å². The van der Waals surface area contributed by atoms with Crippen LogP contribution in [0.15, 0.2) is 73.1 Å². The Morgan fingerprint density at radius 2 is 1.03 bits per heavy atom. The third-order valence-corrected chi connectivity index (χ3v) is 7.67. The van der Waals surface area contributed by atoms with Crippen molar-refractivity contribution in [1.29, 1.82) is 0 Å². The van der Waals surface area contributed by atoms with E-state index in [1.54, 1.807) is 0 Å². The topological polar surface area (TPSA) is 34.6 Å². The van der Waals surface area contributed by atoms with Crippen molar-refractivity contribution >= 4 is 32.8 Å². The molecule has 0 aliphatic carbocycles. The molecule has 5 heteroatoms. The Labute approximate surface area is 229 Å². The van der Waals surface area contributed by atoms with Crippen molar-refractivity contribution in [1.82, 2.24) is 18.8 Å². The van der Waals surface area contributed by atoms with Crippen molar-refractivity contribution in [3.05, 3.63) is 108 Å². The summed E-state index contributed by atoms with van der Waals surface area (Å²) in [5.74, 6) is 0. The predicted octanol–water partition coefficient (Wildman–Crippen LogP) is 7.45. The number of aryl methyl sites for hydroxylation is 4. The van der Waals surface area contributed by atoms with Crippen molar-refractivity contribution in [2.75, 3.05) is 0 Å². The molecule has 0 bridgehead atoms. The zero-order chi connectivity index (χ0) is 24.6. The van der Waals surface area contributed by atoms with Crippen molar-refractivity contribution in [2.24, 2.45) is 0 Å². The van der Waals surface area contributed by atoms with Gasteiger partial charge in [-0.1, -0.05) is 35.4 Å². The van der Waals surface area contributed by atoms with Gasteiger partial charge in [-0.15, -0.1) is 70.1 Å². The van der Waals surface area contributed by atoms with Crippen LogP contribution in [-0.2, 0) is 21.1 Å². The van der Waals surface area contributed by atoms with Crippen molar-refractivity contribution in [3.8, 4) is 22.5 Å². The summed E-state index contributed by atoms with van der Waals surface area (Å²) in [6.45, 7) is 8.64. The summed E-state index contributed by atoms with van der Waals surface area (Å²) in [5.41, 5.74) is 10.7. The Hall–Kier alpha value is -3.75. The second-order valence-electron chi connectivity index (χ2n) is 9.52. The molecule has 3 aromatic carbocycles.